The lowest BCUT2D eigenvalue weighted by Crippen LogP contribution is -2.04. The number of phenolic OH excluding ortho intramolecular Hbond substituents is 1. The first-order valence-electron chi connectivity index (χ1n) is 14.3. The summed E-state index contributed by atoms with van der Waals surface area (Å²) in [5.74, 6) is -0.508. The molecule has 0 aromatic heterocycles. The zero-order valence-electron chi connectivity index (χ0n) is 25.6. The van der Waals surface area contributed by atoms with Crippen LogP contribution in [0.4, 0.5) is 34.1 Å². The molecule has 0 radical (unpaired) electrons. The van der Waals surface area contributed by atoms with Gasteiger partial charge in [0.1, 0.15) is 21.2 Å². The van der Waals surface area contributed by atoms with E-state index in [2.05, 4.69) is 20.5 Å². The lowest BCUT2D eigenvalue weighted by molar-refractivity contribution is 0.472. The molecule has 0 spiro atoms. The van der Waals surface area contributed by atoms with Crippen LogP contribution in [0.2, 0.25) is 0 Å². The molecule has 51 heavy (non-hydrogen) atoms. The zero-order chi connectivity index (χ0) is 36.9. The molecular formula is C32H24N6O10S3. The molecule has 16 nitrogen and oxygen atoms in total. The second-order valence-corrected chi connectivity index (χ2v) is 15.2. The van der Waals surface area contributed by atoms with Crippen LogP contribution in [0.15, 0.2) is 132 Å². The van der Waals surface area contributed by atoms with Crippen molar-refractivity contribution < 1.29 is 44.0 Å². The van der Waals surface area contributed by atoms with E-state index in [0.29, 0.717) is 17.1 Å². The molecule has 0 unspecified atom stereocenters. The van der Waals surface area contributed by atoms with E-state index in [1.807, 2.05) is 0 Å². The average Bonchev–Trinajstić information content (AvgIpc) is 3.06. The van der Waals surface area contributed by atoms with Gasteiger partial charge in [0.05, 0.1) is 22.0 Å². The summed E-state index contributed by atoms with van der Waals surface area (Å²) in [6, 6.07) is 23.0. The third-order valence-electron chi connectivity index (χ3n) is 7.61. The number of azo groups is 2. The van der Waals surface area contributed by atoms with Crippen LogP contribution in [0.25, 0.3) is 32.7 Å². The highest BCUT2D eigenvalue weighted by atomic mass is 32.2. The van der Waals surface area contributed by atoms with Gasteiger partial charge in [0, 0.05) is 16.5 Å². The molecule has 8 N–H and O–H groups in total. The van der Waals surface area contributed by atoms with Gasteiger partial charge in [-0.25, -0.2) is 0 Å². The van der Waals surface area contributed by atoms with E-state index in [4.69, 9.17) is 11.5 Å². The van der Waals surface area contributed by atoms with Gasteiger partial charge >= 0.3 is 0 Å². The Bertz CT molecular complexity index is 2790. The number of nitrogens with two attached hydrogens (primary N) is 2. The van der Waals surface area contributed by atoms with Gasteiger partial charge in [0.15, 0.2) is 5.75 Å². The van der Waals surface area contributed by atoms with Crippen LogP contribution in [0.3, 0.4) is 0 Å². The molecule has 0 amide bonds. The average molecular weight is 749 g/mol. The number of benzene rings is 6. The van der Waals surface area contributed by atoms with E-state index in [0.717, 1.165) is 35.4 Å². The first kappa shape index (κ1) is 35.0. The van der Waals surface area contributed by atoms with E-state index in [1.165, 1.54) is 24.3 Å². The summed E-state index contributed by atoms with van der Waals surface area (Å²) in [4.78, 5) is -1.89. The van der Waals surface area contributed by atoms with Gasteiger partial charge in [-0.3, -0.25) is 13.7 Å². The van der Waals surface area contributed by atoms with Crippen LogP contribution < -0.4 is 11.5 Å². The van der Waals surface area contributed by atoms with Crippen molar-refractivity contribution >= 4 is 86.0 Å². The molecule has 6 aromatic carbocycles. The molecule has 0 heterocycles. The highest BCUT2D eigenvalue weighted by Gasteiger charge is 2.23. The first-order chi connectivity index (χ1) is 23.9. The molecule has 19 heteroatoms. The summed E-state index contributed by atoms with van der Waals surface area (Å²) >= 11 is 0. The first-order valence-corrected chi connectivity index (χ1v) is 18.6. The van der Waals surface area contributed by atoms with E-state index in [9.17, 15) is 44.0 Å². The van der Waals surface area contributed by atoms with Crippen LogP contribution in [0, 0.1) is 0 Å². The van der Waals surface area contributed by atoms with Gasteiger partial charge in [-0.1, -0.05) is 30.3 Å². The van der Waals surface area contributed by atoms with Crippen molar-refractivity contribution in [1.82, 2.24) is 0 Å². The summed E-state index contributed by atoms with van der Waals surface area (Å²) in [5.41, 5.74) is 13.1. The largest absolute Gasteiger partial charge is 0.505 e. The van der Waals surface area contributed by atoms with Crippen molar-refractivity contribution in [2.75, 3.05) is 11.5 Å². The van der Waals surface area contributed by atoms with Crippen LogP contribution in [-0.4, -0.2) is 44.0 Å². The van der Waals surface area contributed by atoms with Gasteiger partial charge in [0.2, 0.25) is 0 Å². The fourth-order valence-corrected chi connectivity index (χ4v) is 6.98. The molecule has 0 aliphatic heterocycles. The summed E-state index contributed by atoms with van der Waals surface area (Å²) in [7, 11) is -14.3. The van der Waals surface area contributed by atoms with Gasteiger partial charge in [0.25, 0.3) is 30.4 Å². The standard InChI is InChI=1S/C32H24N6O10S3/c33-21-5-11-26-19(13-21)16-28(51(46,47)48)31(32(26)39)38-36-23-8-3-18(4-9-23)17-1-6-22(7-2-17)35-37-30-25-12-10-24(49(40,41)42)14-20(25)15-27(29(30)34)50(43,44)45/h1-16,39H,33-34H2,(H,40,41,42)(H,43,44,45)(H,46,47,48). The molecule has 0 atom stereocenters. The van der Waals surface area contributed by atoms with E-state index in [-0.39, 0.29) is 27.2 Å². The predicted octanol–water partition coefficient (Wildman–Crippen LogP) is 7.10. The van der Waals surface area contributed by atoms with E-state index in [1.54, 1.807) is 48.5 Å². The Kier molecular flexibility index (Phi) is 8.79. The SMILES string of the molecule is Nc1ccc2c(O)c(N=Nc3ccc(-c4ccc(N=Nc5c(N)c(S(=O)(=O)O)cc6cc(S(=O)(=O)O)ccc56)cc4)cc3)c(S(=O)(=O)O)cc2c1. The number of nitrogens with zero attached hydrogens (tertiary/aromatic N) is 4. The highest BCUT2D eigenvalue weighted by molar-refractivity contribution is 7.86. The molecule has 0 fully saturated rings. The van der Waals surface area contributed by atoms with Gasteiger partial charge in [-0.15, -0.1) is 10.2 Å². The van der Waals surface area contributed by atoms with Gasteiger partial charge in [-0.05, 0) is 88.6 Å². The van der Waals surface area contributed by atoms with Crippen molar-refractivity contribution in [2.24, 2.45) is 20.5 Å². The topological polar surface area (TPSA) is 285 Å². The maximum Gasteiger partial charge on any atom is 0.296 e. The van der Waals surface area contributed by atoms with Crippen molar-refractivity contribution in [3.63, 3.8) is 0 Å². The Hall–Kier alpha value is -5.83. The number of nitrogen functional groups attached to an aromatic ring is 2. The van der Waals surface area contributed by atoms with Crippen molar-refractivity contribution in [2.45, 2.75) is 14.7 Å². The monoisotopic (exact) mass is 748 g/mol. The maximum absolute atomic E-state index is 12.1. The Balaban J connectivity index is 1.27. The molecule has 0 aliphatic rings. The molecule has 6 rings (SSSR count). The van der Waals surface area contributed by atoms with Crippen molar-refractivity contribution in [3.05, 3.63) is 97.1 Å². The number of hydrogen-bond acceptors (Lipinski definition) is 13. The summed E-state index contributed by atoms with van der Waals surface area (Å²) in [6.07, 6.45) is 0. The minimum atomic E-state index is -4.86. The number of phenols is 1. The quantitative estimate of drug-likeness (QED) is 0.0516. The highest BCUT2D eigenvalue weighted by Crippen LogP contribution is 2.42. The molecule has 260 valence electrons. The molecule has 0 saturated heterocycles. The molecule has 0 aliphatic carbocycles. The van der Waals surface area contributed by atoms with E-state index < -0.39 is 62.2 Å². The Labute approximate surface area is 289 Å². The maximum atomic E-state index is 12.1. The predicted molar refractivity (Wildman–Crippen MR) is 188 cm³/mol. The van der Waals surface area contributed by atoms with Crippen molar-refractivity contribution in [1.29, 1.82) is 0 Å². The number of anilines is 2. The Morgan fingerprint density at radius 1 is 0.490 bits per heavy atom. The normalized spacial score (nSPS) is 12.8. The minimum absolute atomic E-state index is 0.00206. The van der Waals surface area contributed by atoms with Crippen LogP contribution in [0.5, 0.6) is 5.75 Å². The number of fused-ring (bicyclic) bond motifs is 2. The second-order valence-electron chi connectivity index (χ2n) is 11.0. The molecule has 6 aromatic rings. The van der Waals surface area contributed by atoms with Gasteiger partial charge < -0.3 is 16.6 Å². The zero-order valence-corrected chi connectivity index (χ0v) is 28.1. The van der Waals surface area contributed by atoms with E-state index >= 15 is 0 Å². The third kappa shape index (κ3) is 7.24. The fraction of sp³-hybridized carbons (Fsp3) is 0. The van der Waals surface area contributed by atoms with Crippen LogP contribution in [-0.2, 0) is 30.4 Å². The second kappa shape index (κ2) is 12.8. The lowest BCUT2D eigenvalue weighted by atomic mass is 10.1. The summed E-state index contributed by atoms with van der Waals surface area (Å²) in [6.45, 7) is 0. The molecular weight excluding hydrogens is 725 g/mol. The Morgan fingerprint density at radius 2 is 0.980 bits per heavy atom. The van der Waals surface area contributed by atoms with Crippen LogP contribution in [0.1, 0.15) is 0 Å². The Morgan fingerprint density at radius 3 is 1.51 bits per heavy atom. The third-order valence-corrected chi connectivity index (χ3v) is 10.2. The lowest BCUT2D eigenvalue weighted by Gasteiger charge is -2.10. The fourth-order valence-electron chi connectivity index (χ4n) is 5.16. The van der Waals surface area contributed by atoms with Crippen LogP contribution >= 0.6 is 0 Å². The number of rotatable bonds is 8. The minimum Gasteiger partial charge on any atom is -0.505 e. The van der Waals surface area contributed by atoms with Crippen molar-refractivity contribution in [3.8, 4) is 16.9 Å². The van der Waals surface area contributed by atoms with Gasteiger partial charge in [-0.2, -0.15) is 35.5 Å². The summed E-state index contributed by atoms with van der Waals surface area (Å²) in [5, 5.41) is 27.7. The summed E-state index contributed by atoms with van der Waals surface area (Å²) < 4.78 is 100. The smallest absolute Gasteiger partial charge is 0.296 e. The number of aromatic hydroxyl groups is 1. The molecule has 0 bridgehead atoms. The molecule has 0 saturated carbocycles. The number of hydrogen-bond donors (Lipinski definition) is 6.